The van der Waals surface area contributed by atoms with Crippen molar-refractivity contribution in [3.63, 3.8) is 0 Å². The number of carbonyl (C=O) groups is 1. The molecule has 1 unspecified atom stereocenters. The fourth-order valence-corrected chi connectivity index (χ4v) is 3.27. The summed E-state index contributed by atoms with van der Waals surface area (Å²) in [6, 6.07) is -0.352. The summed E-state index contributed by atoms with van der Waals surface area (Å²) in [5.74, 6) is -0.267. The van der Waals surface area contributed by atoms with Crippen LogP contribution in [0.25, 0.3) is 0 Å². The molecule has 0 saturated heterocycles. The highest BCUT2D eigenvalue weighted by atomic mass is 19.1. The van der Waals surface area contributed by atoms with Crippen molar-refractivity contribution in [3.8, 4) is 0 Å². The van der Waals surface area contributed by atoms with E-state index in [1.54, 1.807) is 0 Å². The second kappa shape index (κ2) is 8.09. The van der Waals surface area contributed by atoms with Gasteiger partial charge in [0.25, 0.3) is 5.56 Å². The Balaban J connectivity index is 2.76. The summed E-state index contributed by atoms with van der Waals surface area (Å²) in [5, 5.41) is 0. The van der Waals surface area contributed by atoms with E-state index in [-0.39, 0.29) is 42.7 Å². The van der Waals surface area contributed by atoms with Gasteiger partial charge in [-0.15, -0.1) is 13.2 Å². The number of allylic oxidation sites excluding steroid dienone is 2. The second-order valence-corrected chi connectivity index (χ2v) is 6.10. The molecule has 7 heteroatoms. The number of rotatable bonds is 8. The molecule has 0 aliphatic carbocycles. The standard InChI is InChI=1S/C18H24FN3O3/c1-4-7-8-13-11-14(23)15-16(22(13)12-19)20(9-5-2)18(25)21(10-6-3)17(15)24/h5-6,13H,2-4,7-12H2,1H3. The Kier molecular flexibility index (Phi) is 6.12. The number of Topliss-reactive ketones (excluding diaryl/α,β-unsaturated/α-hetero) is 1. The molecule has 0 saturated carbocycles. The van der Waals surface area contributed by atoms with Crippen LogP contribution in [0.1, 0.15) is 43.0 Å². The van der Waals surface area contributed by atoms with Crippen LogP contribution in [0.3, 0.4) is 0 Å². The Labute approximate surface area is 145 Å². The van der Waals surface area contributed by atoms with Gasteiger partial charge in [0.2, 0.25) is 0 Å². The lowest BCUT2D eigenvalue weighted by molar-refractivity contribution is 0.0957. The van der Waals surface area contributed by atoms with Gasteiger partial charge in [-0.1, -0.05) is 31.9 Å². The molecule has 6 nitrogen and oxygen atoms in total. The van der Waals surface area contributed by atoms with Crippen LogP contribution in [0.5, 0.6) is 0 Å². The molecule has 1 atom stereocenters. The highest BCUT2D eigenvalue weighted by molar-refractivity contribution is 6.02. The Hall–Kier alpha value is -2.44. The maximum atomic E-state index is 13.8. The van der Waals surface area contributed by atoms with Crippen LogP contribution >= 0.6 is 0 Å². The number of hydrogen-bond acceptors (Lipinski definition) is 4. The van der Waals surface area contributed by atoms with Crippen molar-refractivity contribution < 1.29 is 9.18 Å². The van der Waals surface area contributed by atoms with Crippen molar-refractivity contribution in [2.75, 3.05) is 11.7 Å². The van der Waals surface area contributed by atoms with Gasteiger partial charge in [0.1, 0.15) is 11.4 Å². The van der Waals surface area contributed by atoms with E-state index in [1.807, 2.05) is 6.92 Å². The van der Waals surface area contributed by atoms with E-state index < -0.39 is 18.0 Å². The van der Waals surface area contributed by atoms with Crippen LogP contribution in [0, 0.1) is 0 Å². The Morgan fingerprint density at radius 1 is 1.16 bits per heavy atom. The first-order valence-electron chi connectivity index (χ1n) is 8.46. The number of aromatic nitrogens is 2. The van der Waals surface area contributed by atoms with Crippen LogP contribution in [-0.2, 0) is 13.1 Å². The van der Waals surface area contributed by atoms with Gasteiger partial charge in [0.05, 0.1) is 0 Å². The molecule has 1 aromatic heterocycles. The van der Waals surface area contributed by atoms with Gasteiger partial charge < -0.3 is 4.90 Å². The minimum Gasteiger partial charge on any atom is -0.326 e. The normalized spacial score (nSPS) is 16.6. The lowest BCUT2D eigenvalue weighted by atomic mass is 9.94. The SMILES string of the molecule is C=CCn1c2c(c(=O)n(CC=C)c1=O)C(=O)CC(CCCC)N2CF. The number of carbonyl (C=O) groups excluding carboxylic acids is 1. The first kappa shape index (κ1) is 18.9. The Bertz CT molecular complexity index is 794. The zero-order valence-electron chi connectivity index (χ0n) is 14.5. The summed E-state index contributed by atoms with van der Waals surface area (Å²) < 4.78 is 16.0. The van der Waals surface area contributed by atoms with Crippen molar-refractivity contribution in [1.82, 2.24) is 9.13 Å². The van der Waals surface area contributed by atoms with E-state index in [4.69, 9.17) is 0 Å². The van der Waals surface area contributed by atoms with Gasteiger partial charge in [-0.2, -0.15) is 0 Å². The molecule has 1 aromatic rings. The average molecular weight is 349 g/mol. The third kappa shape index (κ3) is 3.36. The predicted molar refractivity (Wildman–Crippen MR) is 96.1 cm³/mol. The molecule has 0 radical (unpaired) electrons. The van der Waals surface area contributed by atoms with Crippen molar-refractivity contribution in [3.05, 3.63) is 51.7 Å². The highest BCUT2D eigenvalue weighted by Gasteiger charge is 2.36. The van der Waals surface area contributed by atoms with Gasteiger partial charge in [-0.25, -0.2) is 9.18 Å². The molecule has 0 N–H and O–H groups in total. The highest BCUT2D eigenvalue weighted by Crippen LogP contribution is 2.30. The van der Waals surface area contributed by atoms with Gasteiger partial charge >= 0.3 is 5.69 Å². The molecule has 1 aliphatic heterocycles. The van der Waals surface area contributed by atoms with E-state index in [1.165, 1.54) is 21.6 Å². The molecule has 1 aliphatic rings. The number of ketones is 1. The van der Waals surface area contributed by atoms with E-state index in [0.717, 1.165) is 17.4 Å². The lowest BCUT2D eigenvalue weighted by Gasteiger charge is -2.37. The van der Waals surface area contributed by atoms with Crippen LogP contribution in [0.15, 0.2) is 34.9 Å². The van der Waals surface area contributed by atoms with E-state index >= 15 is 0 Å². The summed E-state index contributed by atoms with van der Waals surface area (Å²) in [6.45, 7) is 8.38. The predicted octanol–water partition coefficient (Wildman–Crippen LogP) is 2.26. The van der Waals surface area contributed by atoms with Crippen LogP contribution in [0.2, 0.25) is 0 Å². The number of hydrogen-bond donors (Lipinski definition) is 0. The Morgan fingerprint density at radius 3 is 2.36 bits per heavy atom. The molecule has 0 amide bonds. The monoisotopic (exact) mass is 349 g/mol. The van der Waals surface area contributed by atoms with Crippen molar-refractivity contribution in [2.24, 2.45) is 0 Å². The molecule has 0 spiro atoms. The summed E-state index contributed by atoms with van der Waals surface area (Å²) in [7, 11) is 0. The molecule has 2 heterocycles. The summed E-state index contributed by atoms with van der Waals surface area (Å²) in [4.78, 5) is 39.4. The van der Waals surface area contributed by atoms with Crippen molar-refractivity contribution in [1.29, 1.82) is 0 Å². The largest absolute Gasteiger partial charge is 0.333 e. The molecule has 0 aromatic carbocycles. The summed E-state index contributed by atoms with van der Waals surface area (Å²) >= 11 is 0. The first-order valence-corrected chi connectivity index (χ1v) is 8.46. The molecule has 2 rings (SSSR count). The fraction of sp³-hybridized carbons (Fsp3) is 0.500. The first-order chi connectivity index (χ1) is 12.0. The fourth-order valence-electron chi connectivity index (χ4n) is 3.27. The van der Waals surface area contributed by atoms with E-state index in [9.17, 15) is 18.8 Å². The number of nitrogens with zero attached hydrogens (tertiary/aromatic N) is 3. The molecule has 0 bridgehead atoms. The van der Waals surface area contributed by atoms with E-state index in [0.29, 0.717) is 6.42 Å². The van der Waals surface area contributed by atoms with E-state index in [2.05, 4.69) is 13.2 Å². The number of anilines is 1. The smallest absolute Gasteiger partial charge is 0.326 e. The quantitative estimate of drug-likeness (QED) is 0.533. The topological polar surface area (TPSA) is 64.3 Å². The second-order valence-electron chi connectivity index (χ2n) is 6.10. The summed E-state index contributed by atoms with van der Waals surface area (Å²) in [6.07, 6.45) is 5.36. The maximum Gasteiger partial charge on any atom is 0.333 e. The number of unbranched alkanes of at least 4 members (excludes halogenated alkanes) is 1. The minimum atomic E-state index is -0.865. The molecule has 136 valence electrons. The van der Waals surface area contributed by atoms with Gasteiger partial charge in [0.15, 0.2) is 12.6 Å². The number of alkyl halides is 1. The molecular formula is C18H24FN3O3. The molecule has 0 fully saturated rings. The maximum absolute atomic E-state index is 13.8. The Morgan fingerprint density at radius 2 is 1.80 bits per heavy atom. The lowest BCUT2D eigenvalue weighted by Crippen LogP contribution is -2.51. The number of fused-ring (bicyclic) bond motifs is 1. The van der Waals surface area contributed by atoms with Crippen LogP contribution < -0.4 is 16.1 Å². The van der Waals surface area contributed by atoms with Gasteiger partial charge in [0, 0.05) is 25.6 Å². The van der Waals surface area contributed by atoms with Crippen molar-refractivity contribution >= 4 is 11.6 Å². The summed E-state index contributed by atoms with van der Waals surface area (Å²) in [5.41, 5.74) is -1.39. The third-order valence-electron chi connectivity index (χ3n) is 4.46. The minimum absolute atomic E-state index is 0.00966. The van der Waals surface area contributed by atoms with Gasteiger partial charge in [-0.3, -0.25) is 18.7 Å². The van der Waals surface area contributed by atoms with Crippen molar-refractivity contribution in [2.45, 2.75) is 51.7 Å². The number of halogens is 1. The average Bonchev–Trinajstić information content (AvgIpc) is 2.59. The van der Waals surface area contributed by atoms with Gasteiger partial charge in [-0.05, 0) is 6.42 Å². The molecule has 25 heavy (non-hydrogen) atoms. The third-order valence-corrected chi connectivity index (χ3v) is 4.46. The zero-order valence-corrected chi connectivity index (χ0v) is 14.5. The molecular weight excluding hydrogens is 325 g/mol. The van der Waals surface area contributed by atoms with Crippen LogP contribution in [0.4, 0.5) is 10.2 Å². The zero-order chi connectivity index (χ0) is 18.6. The van der Waals surface area contributed by atoms with Crippen LogP contribution in [-0.4, -0.2) is 27.8 Å².